The van der Waals surface area contributed by atoms with Crippen molar-refractivity contribution in [2.75, 3.05) is 26.2 Å². The molecule has 6 rings (SSSR count). The molecule has 5 aromatic rings. The zero-order chi connectivity index (χ0) is 25.2. The maximum absolute atomic E-state index is 6.23. The molecule has 37 heavy (non-hydrogen) atoms. The third-order valence-electron chi connectivity index (χ3n) is 7.44. The van der Waals surface area contributed by atoms with E-state index in [1.165, 1.54) is 16.7 Å². The molecule has 1 aliphatic heterocycles. The molecule has 0 amide bonds. The lowest BCUT2D eigenvalue weighted by atomic mass is 9.96. The molecule has 1 aliphatic rings. The van der Waals surface area contributed by atoms with Crippen molar-refractivity contribution in [2.45, 2.75) is 12.6 Å². The summed E-state index contributed by atoms with van der Waals surface area (Å²) in [6.45, 7) is 5.11. The minimum Gasteiger partial charge on any atom is -0.327 e. The topological polar surface area (TPSA) is 24.3 Å². The molecule has 186 valence electrons. The quantitative estimate of drug-likeness (QED) is 0.253. The van der Waals surface area contributed by atoms with Crippen molar-refractivity contribution >= 4 is 22.6 Å². The van der Waals surface area contributed by atoms with Gasteiger partial charge in [0.05, 0.1) is 17.1 Å². The van der Waals surface area contributed by atoms with Crippen LogP contribution in [0.15, 0.2) is 103 Å². The van der Waals surface area contributed by atoms with Crippen LogP contribution in [0.4, 0.5) is 0 Å². The molecular formula is C32H31ClN4. The highest BCUT2D eigenvalue weighted by atomic mass is 35.5. The summed E-state index contributed by atoms with van der Waals surface area (Å²) in [5, 5.41) is 0.728. The van der Waals surface area contributed by atoms with Gasteiger partial charge in [0.1, 0.15) is 5.82 Å². The molecule has 4 nitrogen and oxygen atoms in total. The summed E-state index contributed by atoms with van der Waals surface area (Å²) in [7, 11) is 2.07. The Kier molecular flexibility index (Phi) is 6.79. The van der Waals surface area contributed by atoms with Crippen molar-refractivity contribution < 1.29 is 0 Å². The van der Waals surface area contributed by atoms with Gasteiger partial charge in [-0.05, 0) is 41.0 Å². The largest absolute Gasteiger partial charge is 0.327 e. The fourth-order valence-corrected chi connectivity index (χ4v) is 5.74. The molecular weight excluding hydrogens is 476 g/mol. The Labute approximate surface area is 223 Å². The van der Waals surface area contributed by atoms with Crippen LogP contribution in [0, 0.1) is 0 Å². The number of aromatic nitrogens is 2. The molecule has 0 unspecified atom stereocenters. The summed E-state index contributed by atoms with van der Waals surface area (Å²) in [6, 6.07) is 36.7. The van der Waals surface area contributed by atoms with E-state index < -0.39 is 0 Å². The summed E-state index contributed by atoms with van der Waals surface area (Å²) in [5.41, 5.74) is 7.23. The van der Waals surface area contributed by atoms with E-state index in [4.69, 9.17) is 16.6 Å². The molecule has 4 aromatic carbocycles. The van der Waals surface area contributed by atoms with Crippen LogP contribution in [0.5, 0.6) is 0 Å². The molecule has 1 saturated heterocycles. The van der Waals surface area contributed by atoms with Gasteiger partial charge in [-0.1, -0.05) is 90.5 Å². The van der Waals surface area contributed by atoms with Gasteiger partial charge >= 0.3 is 0 Å². The predicted octanol–water partition coefficient (Wildman–Crippen LogP) is 6.80. The second-order valence-corrected chi connectivity index (χ2v) is 10.3. The number of nitrogens with zero attached hydrogens (tertiary/aromatic N) is 4. The van der Waals surface area contributed by atoms with Gasteiger partial charge in [-0.15, -0.1) is 0 Å². The predicted molar refractivity (Wildman–Crippen MR) is 153 cm³/mol. The number of piperazine rings is 1. The number of halogens is 1. The molecule has 0 saturated carbocycles. The van der Waals surface area contributed by atoms with E-state index in [2.05, 4.69) is 106 Å². The van der Waals surface area contributed by atoms with Gasteiger partial charge in [-0.2, -0.15) is 0 Å². The summed E-state index contributed by atoms with van der Waals surface area (Å²) >= 11 is 6.23. The first-order chi connectivity index (χ1) is 18.2. The van der Waals surface area contributed by atoms with Crippen LogP contribution >= 0.6 is 11.6 Å². The van der Waals surface area contributed by atoms with E-state index in [1.54, 1.807) is 0 Å². The molecule has 0 aliphatic carbocycles. The second-order valence-electron chi connectivity index (χ2n) is 9.86. The normalized spacial score (nSPS) is 15.0. The SMILES string of the molecule is Cn1c(-c2cccc(Cl)c2)nc2cc(CN3CCN(C(c4ccccc4)c4ccccc4)CC3)ccc21. The lowest BCUT2D eigenvalue weighted by molar-refractivity contribution is 0.105. The number of hydrogen-bond acceptors (Lipinski definition) is 3. The first-order valence-electron chi connectivity index (χ1n) is 12.9. The van der Waals surface area contributed by atoms with Gasteiger partial charge in [0.25, 0.3) is 0 Å². The molecule has 2 heterocycles. The van der Waals surface area contributed by atoms with Crippen LogP contribution in [0.1, 0.15) is 22.7 Å². The van der Waals surface area contributed by atoms with E-state index >= 15 is 0 Å². The zero-order valence-electron chi connectivity index (χ0n) is 21.1. The van der Waals surface area contributed by atoms with Crippen LogP contribution in [0.25, 0.3) is 22.4 Å². The minimum atomic E-state index is 0.291. The monoisotopic (exact) mass is 506 g/mol. The fourth-order valence-electron chi connectivity index (χ4n) is 5.55. The second kappa shape index (κ2) is 10.5. The van der Waals surface area contributed by atoms with Crippen LogP contribution in [-0.2, 0) is 13.6 Å². The summed E-state index contributed by atoms with van der Waals surface area (Å²) in [5.74, 6) is 0.941. The van der Waals surface area contributed by atoms with Gasteiger partial charge in [0.15, 0.2) is 0 Å². The Bertz CT molecular complexity index is 1450. The van der Waals surface area contributed by atoms with Gasteiger partial charge in [0.2, 0.25) is 0 Å². The van der Waals surface area contributed by atoms with E-state index in [9.17, 15) is 0 Å². The van der Waals surface area contributed by atoms with Crippen molar-refractivity contribution in [3.63, 3.8) is 0 Å². The Hall–Kier alpha value is -3.44. The molecule has 0 spiro atoms. The van der Waals surface area contributed by atoms with Crippen LogP contribution in [-0.4, -0.2) is 45.5 Å². The maximum atomic E-state index is 6.23. The fraction of sp³-hybridized carbons (Fsp3) is 0.219. The summed E-state index contributed by atoms with van der Waals surface area (Å²) in [4.78, 5) is 10.1. The smallest absolute Gasteiger partial charge is 0.140 e. The highest BCUT2D eigenvalue weighted by Crippen LogP contribution is 2.30. The average Bonchev–Trinajstić information content (AvgIpc) is 3.27. The minimum absolute atomic E-state index is 0.291. The number of aryl methyl sites for hydroxylation is 1. The van der Waals surface area contributed by atoms with Crippen molar-refractivity contribution in [3.05, 3.63) is 125 Å². The maximum Gasteiger partial charge on any atom is 0.140 e. The molecule has 1 fully saturated rings. The lowest BCUT2D eigenvalue weighted by Crippen LogP contribution is -2.47. The van der Waals surface area contributed by atoms with E-state index in [0.29, 0.717) is 6.04 Å². The van der Waals surface area contributed by atoms with E-state index in [1.807, 2.05) is 18.2 Å². The van der Waals surface area contributed by atoms with Gasteiger partial charge in [-0.3, -0.25) is 9.80 Å². The number of rotatable bonds is 6. The highest BCUT2D eigenvalue weighted by molar-refractivity contribution is 6.30. The van der Waals surface area contributed by atoms with Crippen molar-refractivity contribution in [1.82, 2.24) is 19.4 Å². The van der Waals surface area contributed by atoms with Crippen LogP contribution in [0.2, 0.25) is 5.02 Å². The van der Waals surface area contributed by atoms with Crippen LogP contribution < -0.4 is 0 Å². The standard InChI is InChI=1S/C32H31ClN4/c1-35-30-16-15-24(21-29(30)34-32(35)27-13-8-14-28(33)22-27)23-36-17-19-37(20-18-36)31(25-9-4-2-5-10-25)26-11-6-3-7-12-26/h2-16,21-22,31H,17-20,23H2,1H3. The summed E-state index contributed by atoms with van der Waals surface area (Å²) in [6.07, 6.45) is 0. The molecule has 5 heteroatoms. The van der Waals surface area contributed by atoms with Gasteiger partial charge in [0, 0.05) is 50.4 Å². The van der Waals surface area contributed by atoms with E-state index in [0.717, 1.165) is 60.2 Å². The Balaban J connectivity index is 1.17. The Morgan fingerprint density at radius 3 is 2.08 bits per heavy atom. The summed E-state index contributed by atoms with van der Waals surface area (Å²) < 4.78 is 2.15. The third-order valence-corrected chi connectivity index (χ3v) is 7.67. The van der Waals surface area contributed by atoms with Gasteiger partial charge in [-0.25, -0.2) is 4.98 Å². The third kappa shape index (κ3) is 5.05. The molecule has 0 N–H and O–H groups in total. The molecule has 0 bridgehead atoms. The van der Waals surface area contributed by atoms with E-state index in [-0.39, 0.29) is 0 Å². The zero-order valence-corrected chi connectivity index (χ0v) is 21.9. The highest BCUT2D eigenvalue weighted by Gasteiger charge is 2.26. The number of fused-ring (bicyclic) bond motifs is 1. The van der Waals surface area contributed by atoms with Gasteiger partial charge < -0.3 is 4.57 Å². The number of imidazole rings is 1. The molecule has 0 atom stereocenters. The first kappa shape index (κ1) is 23.9. The molecule has 0 radical (unpaired) electrons. The number of benzene rings is 4. The lowest BCUT2D eigenvalue weighted by Gasteiger charge is -2.39. The average molecular weight is 507 g/mol. The first-order valence-corrected chi connectivity index (χ1v) is 13.3. The number of hydrogen-bond donors (Lipinski definition) is 0. The Morgan fingerprint density at radius 2 is 1.43 bits per heavy atom. The van der Waals surface area contributed by atoms with Crippen molar-refractivity contribution in [2.24, 2.45) is 7.05 Å². The van der Waals surface area contributed by atoms with Crippen LogP contribution in [0.3, 0.4) is 0 Å². The van der Waals surface area contributed by atoms with Crippen molar-refractivity contribution in [1.29, 1.82) is 0 Å². The Morgan fingerprint density at radius 1 is 0.757 bits per heavy atom. The molecule has 1 aromatic heterocycles. The van der Waals surface area contributed by atoms with Crippen molar-refractivity contribution in [3.8, 4) is 11.4 Å².